The summed E-state index contributed by atoms with van der Waals surface area (Å²) < 4.78 is 26.6. The standard InChI is InChI=1S/C19H20F2N2O/c20-17-7-5-15(6-8-17)13-19(24)23-11-9-22(10-12-23)14-16-3-1-2-4-18(16)21/h1-8H,9-14H2. The number of hydrogen-bond donors (Lipinski definition) is 0. The number of halogens is 2. The third kappa shape index (κ3) is 4.17. The zero-order valence-corrected chi connectivity index (χ0v) is 13.4. The van der Waals surface area contributed by atoms with Crippen LogP contribution in [0.25, 0.3) is 0 Å². The number of amides is 1. The molecular formula is C19H20F2N2O. The van der Waals surface area contributed by atoms with Gasteiger partial charge in [0.1, 0.15) is 11.6 Å². The molecule has 126 valence electrons. The summed E-state index contributed by atoms with van der Waals surface area (Å²) in [6, 6.07) is 12.8. The summed E-state index contributed by atoms with van der Waals surface area (Å²) in [5.74, 6) is -0.438. The van der Waals surface area contributed by atoms with Crippen molar-refractivity contribution in [1.29, 1.82) is 0 Å². The first-order valence-corrected chi connectivity index (χ1v) is 8.10. The van der Waals surface area contributed by atoms with E-state index in [9.17, 15) is 13.6 Å². The van der Waals surface area contributed by atoms with Crippen molar-refractivity contribution >= 4 is 5.91 Å². The van der Waals surface area contributed by atoms with Crippen molar-refractivity contribution in [2.75, 3.05) is 26.2 Å². The van der Waals surface area contributed by atoms with Crippen LogP contribution >= 0.6 is 0 Å². The molecular weight excluding hydrogens is 310 g/mol. The number of carbonyl (C=O) groups excluding carboxylic acids is 1. The Balaban J connectivity index is 1.50. The highest BCUT2D eigenvalue weighted by molar-refractivity contribution is 5.78. The lowest BCUT2D eigenvalue weighted by atomic mass is 10.1. The van der Waals surface area contributed by atoms with E-state index in [4.69, 9.17) is 0 Å². The molecule has 0 aliphatic carbocycles. The van der Waals surface area contributed by atoms with E-state index in [-0.39, 0.29) is 24.0 Å². The highest BCUT2D eigenvalue weighted by Gasteiger charge is 2.21. The number of rotatable bonds is 4. The van der Waals surface area contributed by atoms with Crippen LogP contribution in [-0.4, -0.2) is 41.9 Å². The van der Waals surface area contributed by atoms with Gasteiger partial charge in [0, 0.05) is 38.3 Å². The average molecular weight is 330 g/mol. The molecule has 1 heterocycles. The minimum absolute atomic E-state index is 0.0483. The Morgan fingerprint density at radius 3 is 2.25 bits per heavy atom. The van der Waals surface area contributed by atoms with Gasteiger partial charge in [0.25, 0.3) is 0 Å². The van der Waals surface area contributed by atoms with E-state index in [0.717, 1.165) is 18.7 Å². The van der Waals surface area contributed by atoms with Crippen molar-refractivity contribution in [2.45, 2.75) is 13.0 Å². The van der Waals surface area contributed by atoms with E-state index >= 15 is 0 Å². The molecule has 0 radical (unpaired) electrons. The number of benzene rings is 2. The van der Waals surface area contributed by atoms with Crippen LogP contribution in [0.1, 0.15) is 11.1 Å². The number of nitrogens with zero attached hydrogens (tertiary/aromatic N) is 2. The van der Waals surface area contributed by atoms with Crippen molar-refractivity contribution in [1.82, 2.24) is 9.80 Å². The number of hydrogen-bond acceptors (Lipinski definition) is 2. The molecule has 0 bridgehead atoms. The quantitative estimate of drug-likeness (QED) is 0.861. The van der Waals surface area contributed by atoms with Crippen molar-refractivity contribution in [2.24, 2.45) is 0 Å². The van der Waals surface area contributed by atoms with Crippen LogP contribution in [-0.2, 0) is 17.8 Å². The van der Waals surface area contributed by atoms with Crippen LogP contribution in [0.2, 0.25) is 0 Å². The fourth-order valence-corrected chi connectivity index (χ4v) is 2.91. The van der Waals surface area contributed by atoms with Gasteiger partial charge in [-0.25, -0.2) is 8.78 Å². The van der Waals surface area contributed by atoms with Crippen molar-refractivity contribution in [3.63, 3.8) is 0 Å². The molecule has 1 fully saturated rings. The third-order valence-corrected chi connectivity index (χ3v) is 4.35. The van der Waals surface area contributed by atoms with Gasteiger partial charge in [-0.05, 0) is 23.8 Å². The summed E-state index contributed by atoms with van der Waals surface area (Å²) in [7, 11) is 0. The molecule has 1 saturated heterocycles. The summed E-state index contributed by atoms with van der Waals surface area (Å²) in [5, 5.41) is 0. The second kappa shape index (κ2) is 7.53. The fraction of sp³-hybridized carbons (Fsp3) is 0.316. The molecule has 2 aromatic carbocycles. The van der Waals surface area contributed by atoms with E-state index < -0.39 is 0 Å². The monoisotopic (exact) mass is 330 g/mol. The Labute approximate surface area is 140 Å². The molecule has 0 saturated carbocycles. The Hall–Kier alpha value is -2.27. The average Bonchev–Trinajstić information content (AvgIpc) is 2.59. The first-order chi connectivity index (χ1) is 11.6. The van der Waals surface area contributed by atoms with E-state index in [1.54, 1.807) is 24.3 Å². The van der Waals surface area contributed by atoms with Gasteiger partial charge in [-0.2, -0.15) is 0 Å². The van der Waals surface area contributed by atoms with Crippen molar-refractivity contribution < 1.29 is 13.6 Å². The van der Waals surface area contributed by atoms with Crippen LogP contribution in [0.3, 0.4) is 0 Å². The largest absolute Gasteiger partial charge is 0.340 e. The Bertz CT molecular complexity index is 695. The highest BCUT2D eigenvalue weighted by Crippen LogP contribution is 2.13. The summed E-state index contributed by atoms with van der Waals surface area (Å²) in [6.07, 6.45) is 0.285. The lowest BCUT2D eigenvalue weighted by Gasteiger charge is -2.35. The van der Waals surface area contributed by atoms with Gasteiger partial charge in [0.05, 0.1) is 6.42 Å². The van der Waals surface area contributed by atoms with Crippen LogP contribution in [0.15, 0.2) is 48.5 Å². The summed E-state index contributed by atoms with van der Waals surface area (Å²) in [6.45, 7) is 3.28. The maximum absolute atomic E-state index is 13.7. The molecule has 5 heteroatoms. The molecule has 1 aliphatic rings. The normalized spacial score (nSPS) is 15.5. The SMILES string of the molecule is O=C(Cc1ccc(F)cc1)N1CCN(Cc2ccccc2F)CC1. The van der Waals surface area contributed by atoms with Crippen LogP contribution in [0.5, 0.6) is 0 Å². The highest BCUT2D eigenvalue weighted by atomic mass is 19.1. The number of piperazine rings is 1. The van der Waals surface area contributed by atoms with E-state index in [1.165, 1.54) is 18.2 Å². The van der Waals surface area contributed by atoms with E-state index in [0.29, 0.717) is 25.2 Å². The molecule has 1 aliphatic heterocycles. The topological polar surface area (TPSA) is 23.6 Å². The van der Waals surface area contributed by atoms with Crippen LogP contribution < -0.4 is 0 Å². The van der Waals surface area contributed by atoms with Gasteiger partial charge >= 0.3 is 0 Å². The molecule has 2 aromatic rings. The zero-order valence-electron chi connectivity index (χ0n) is 13.4. The summed E-state index contributed by atoms with van der Waals surface area (Å²) in [5.41, 5.74) is 1.50. The molecule has 3 nitrogen and oxygen atoms in total. The maximum Gasteiger partial charge on any atom is 0.227 e. The van der Waals surface area contributed by atoms with Gasteiger partial charge < -0.3 is 4.90 Å². The molecule has 0 aromatic heterocycles. The number of carbonyl (C=O) groups is 1. The van der Waals surface area contributed by atoms with Gasteiger partial charge in [-0.15, -0.1) is 0 Å². The maximum atomic E-state index is 13.7. The first-order valence-electron chi connectivity index (χ1n) is 8.10. The molecule has 0 unspecified atom stereocenters. The zero-order chi connectivity index (χ0) is 16.9. The third-order valence-electron chi connectivity index (χ3n) is 4.35. The Kier molecular flexibility index (Phi) is 5.20. The van der Waals surface area contributed by atoms with Gasteiger partial charge in [0.2, 0.25) is 5.91 Å². The van der Waals surface area contributed by atoms with Crippen molar-refractivity contribution in [3.05, 3.63) is 71.3 Å². The minimum Gasteiger partial charge on any atom is -0.340 e. The van der Waals surface area contributed by atoms with Gasteiger partial charge in [-0.1, -0.05) is 30.3 Å². The fourth-order valence-electron chi connectivity index (χ4n) is 2.91. The Morgan fingerprint density at radius 2 is 1.58 bits per heavy atom. The van der Waals surface area contributed by atoms with Crippen LogP contribution in [0.4, 0.5) is 8.78 Å². The van der Waals surface area contributed by atoms with Crippen molar-refractivity contribution in [3.8, 4) is 0 Å². The molecule has 0 N–H and O–H groups in total. The molecule has 0 spiro atoms. The van der Waals surface area contributed by atoms with Gasteiger partial charge in [-0.3, -0.25) is 9.69 Å². The second-order valence-corrected chi connectivity index (χ2v) is 6.05. The summed E-state index contributed by atoms with van der Waals surface area (Å²) >= 11 is 0. The second-order valence-electron chi connectivity index (χ2n) is 6.05. The Morgan fingerprint density at radius 1 is 0.917 bits per heavy atom. The molecule has 0 atom stereocenters. The molecule has 3 rings (SSSR count). The smallest absolute Gasteiger partial charge is 0.227 e. The lowest BCUT2D eigenvalue weighted by Crippen LogP contribution is -2.48. The van der Waals surface area contributed by atoms with Crippen LogP contribution in [0, 0.1) is 11.6 Å². The lowest BCUT2D eigenvalue weighted by molar-refractivity contribution is -0.132. The first kappa shape index (κ1) is 16.6. The summed E-state index contributed by atoms with van der Waals surface area (Å²) in [4.78, 5) is 16.3. The molecule has 24 heavy (non-hydrogen) atoms. The molecule has 1 amide bonds. The minimum atomic E-state index is -0.298. The van der Waals surface area contributed by atoms with E-state index in [1.807, 2.05) is 11.0 Å². The predicted octanol–water partition coefficient (Wildman–Crippen LogP) is 2.85. The predicted molar refractivity (Wildman–Crippen MR) is 88.4 cm³/mol. The van der Waals surface area contributed by atoms with E-state index in [2.05, 4.69) is 4.90 Å². The van der Waals surface area contributed by atoms with Gasteiger partial charge in [0.15, 0.2) is 0 Å².